The Labute approximate surface area is 289 Å². The van der Waals surface area contributed by atoms with Crippen LogP contribution < -0.4 is 0 Å². The van der Waals surface area contributed by atoms with Gasteiger partial charge in [0.2, 0.25) is 5.95 Å². The van der Waals surface area contributed by atoms with Gasteiger partial charge in [-0.05, 0) is 82.9 Å². The molecule has 0 aliphatic heterocycles. The van der Waals surface area contributed by atoms with Crippen molar-refractivity contribution in [1.29, 1.82) is 0 Å². The van der Waals surface area contributed by atoms with E-state index in [1.54, 1.807) is 0 Å². The zero-order valence-corrected chi connectivity index (χ0v) is 27.1. The van der Waals surface area contributed by atoms with E-state index in [2.05, 4.69) is 173 Å². The number of hydrogen-bond donors (Lipinski definition) is 0. The van der Waals surface area contributed by atoms with E-state index in [1.807, 2.05) is 18.3 Å². The Morgan fingerprint density at radius 3 is 1.56 bits per heavy atom. The number of hydrogen-bond acceptors (Lipinski definition) is 2. The Bertz CT molecular complexity index is 2860. The van der Waals surface area contributed by atoms with Gasteiger partial charge < -0.3 is 4.57 Å². The molecule has 7 aromatic carbocycles. The lowest BCUT2D eigenvalue weighted by Crippen LogP contribution is -2.01. The molecule has 0 bridgehead atoms. The van der Waals surface area contributed by atoms with Gasteiger partial charge in [0.1, 0.15) is 0 Å². The number of rotatable bonds is 5. The second-order valence-corrected chi connectivity index (χ2v) is 12.7. The van der Waals surface area contributed by atoms with E-state index < -0.39 is 0 Å². The quantitative estimate of drug-likeness (QED) is 0.188. The van der Waals surface area contributed by atoms with Crippen LogP contribution in [-0.4, -0.2) is 19.1 Å². The highest BCUT2D eigenvalue weighted by Gasteiger charge is 2.17. The van der Waals surface area contributed by atoms with Crippen molar-refractivity contribution < 1.29 is 0 Å². The van der Waals surface area contributed by atoms with Crippen molar-refractivity contribution in [3.8, 4) is 45.1 Å². The van der Waals surface area contributed by atoms with E-state index >= 15 is 0 Å². The van der Waals surface area contributed by atoms with Crippen molar-refractivity contribution in [2.45, 2.75) is 0 Å². The summed E-state index contributed by atoms with van der Waals surface area (Å²) in [6.07, 6.45) is 1.86. The van der Waals surface area contributed by atoms with Crippen LogP contribution in [0.4, 0.5) is 0 Å². The lowest BCUT2D eigenvalue weighted by atomic mass is 10.0. The van der Waals surface area contributed by atoms with E-state index in [9.17, 15) is 0 Å². The molecule has 0 fully saturated rings. The zero-order valence-electron chi connectivity index (χ0n) is 27.1. The molecule has 4 nitrogen and oxygen atoms in total. The Kier molecular flexibility index (Phi) is 6.46. The highest BCUT2D eigenvalue weighted by Crippen LogP contribution is 2.38. The summed E-state index contributed by atoms with van der Waals surface area (Å²) in [7, 11) is 0. The predicted molar refractivity (Wildman–Crippen MR) is 207 cm³/mol. The smallest absolute Gasteiger partial charge is 0.235 e. The van der Waals surface area contributed by atoms with E-state index in [0.29, 0.717) is 5.95 Å². The third-order valence-electron chi connectivity index (χ3n) is 9.80. The fourth-order valence-electron chi connectivity index (χ4n) is 7.48. The summed E-state index contributed by atoms with van der Waals surface area (Å²) in [6, 6.07) is 62.4. The Balaban J connectivity index is 1.10. The van der Waals surface area contributed by atoms with E-state index in [-0.39, 0.29) is 0 Å². The summed E-state index contributed by atoms with van der Waals surface area (Å²) < 4.78 is 4.55. The molecule has 0 radical (unpaired) electrons. The van der Waals surface area contributed by atoms with Gasteiger partial charge in [-0.1, -0.05) is 115 Å². The molecule has 0 saturated carbocycles. The molecule has 234 valence electrons. The Morgan fingerprint density at radius 2 is 0.860 bits per heavy atom. The Hall–Kier alpha value is -6.78. The van der Waals surface area contributed by atoms with Crippen LogP contribution in [0.5, 0.6) is 0 Å². The van der Waals surface area contributed by atoms with Gasteiger partial charge in [-0.2, -0.15) is 0 Å². The van der Waals surface area contributed by atoms with Crippen LogP contribution in [-0.2, 0) is 0 Å². The molecule has 10 rings (SSSR count). The maximum absolute atomic E-state index is 5.14. The monoisotopic (exact) mass is 638 g/mol. The first kappa shape index (κ1) is 28.3. The van der Waals surface area contributed by atoms with Gasteiger partial charge in [-0.3, -0.25) is 4.57 Å². The summed E-state index contributed by atoms with van der Waals surface area (Å²) in [4.78, 5) is 9.95. The van der Waals surface area contributed by atoms with Gasteiger partial charge in [0, 0.05) is 39.0 Å². The van der Waals surface area contributed by atoms with Crippen LogP contribution in [0.15, 0.2) is 182 Å². The SMILES string of the molecule is c1ccc(-c2cccc(-c3ccnc(-n4c5ccccc5c5cc(-c6ccc7c(c6)c6ccccc6n7-c6ccccc6)ccc54)n3)c2)cc1. The largest absolute Gasteiger partial charge is 0.309 e. The molecule has 0 unspecified atom stereocenters. The van der Waals surface area contributed by atoms with Crippen LogP contribution in [0.25, 0.3) is 88.8 Å². The molecule has 0 saturated heterocycles. The summed E-state index contributed by atoms with van der Waals surface area (Å²) in [5, 5.41) is 4.83. The number of benzene rings is 7. The lowest BCUT2D eigenvalue weighted by molar-refractivity contribution is 0.992. The van der Waals surface area contributed by atoms with Crippen molar-refractivity contribution >= 4 is 43.6 Å². The average molecular weight is 639 g/mol. The van der Waals surface area contributed by atoms with Crippen molar-refractivity contribution in [2.75, 3.05) is 0 Å². The molecule has 3 aromatic heterocycles. The van der Waals surface area contributed by atoms with E-state index in [1.165, 1.54) is 49.3 Å². The first-order valence-electron chi connectivity index (χ1n) is 16.9. The predicted octanol–water partition coefficient (Wildman–Crippen LogP) is 11.7. The highest BCUT2D eigenvalue weighted by molar-refractivity contribution is 6.12. The van der Waals surface area contributed by atoms with Gasteiger partial charge in [-0.25, -0.2) is 9.97 Å². The number of nitrogens with zero attached hydrogens (tertiary/aromatic N) is 4. The van der Waals surface area contributed by atoms with E-state index in [0.717, 1.165) is 33.5 Å². The topological polar surface area (TPSA) is 35.6 Å². The minimum Gasteiger partial charge on any atom is -0.309 e. The van der Waals surface area contributed by atoms with Crippen LogP contribution in [0, 0.1) is 0 Å². The normalized spacial score (nSPS) is 11.6. The van der Waals surface area contributed by atoms with Crippen molar-refractivity contribution in [2.24, 2.45) is 0 Å². The van der Waals surface area contributed by atoms with Crippen LogP contribution in [0.1, 0.15) is 0 Å². The fourth-order valence-corrected chi connectivity index (χ4v) is 7.48. The van der Waals surface area contributed by atoms with Gasteiger partial charge in [0.05, 0.1) is 27.8 Å². The highest BCUT2D eigenvalue weighted by atomic mass is 15.2. The molecule has 0 N–H and O–H groups in total. The first-order valence-corrected chi connectivity index (χ1v) is 16.9. The third-order valence-corrected chi connectivity index (χ3v) is 9.80. The summed E-state index contributed by atoms with van der Waals surface area (Å²) >= 11 is 0. The standard InChI is InChI=1S/C46H30N4/c1-3-12-31(13-4-1)32-14-11-15-35(28-32)41-26-27-47-46(48-41)50-43-21-10-8-19-38(43)40-30-34(23-25-45(40)50)33-22-24-44-39(29-33)37-18-7-9-20-42(37)49(44)36-16-5-2-6-17-36/h1-30H. The van der Waals surface area contributed by atoms with Gasteiger partial charge >= 0.3 is 0 Å². The second-order valence-electron chi connectivity index (χ2n) is 12.7. The molecule has 0 aliphatic rings. The minimum atomic E-state index is 0.654. The van der Waals surface area contributed by atoms with Gasteiger partial charge in [0.15, 0.2) is 0 Å². The molecule has 0 amide bonds. The Morgan fingerprint density at radius 1 is 0.340 bits per heavy atom. The molecular formula is C46H30N4. The maximum atomic E-state index is 5.14. The molecule has 4 heteroatoms. The summed E-state index contributed by atoms with van der Waals surface area (Å²) in [6.45, 7) is 0. The zero-order chi connectivity index (χ0) is 33.0. The van der Waals surface area contributed by atoms with Crippen molar-refractivity contribution in [3.63, 3.8) is 0 Å². The number of para-hydroxylation sites is 3. The molecule has 0 atom stereocenters. The van der Waals surface area contributed by atoms with Crippen LogP contribution in [0.2, 0.25) is 0 Å². The third kappa shape index (κ3) is 4.54. The minimum absolute atomic E-state index is 0.654. The van der Waals surface area contributed by atoms with Crippen LogP contribution >= 0.6 is 0 Å². The lowest BCUT2D eigenvalue weighted by Gasteiger charge is -2.10. The molecular weight excluding hydrogens is 609 g/mol. The fraction of sp³-hybridized carbons (Fsp3) is 0. The second kappa shape index (κ2) is 11.4. The summed E-state index contributed by atoms with van der Waals surface area (Å²) in [5.41, 5.74) is 12.4. The molecule has 0 aliphatic carbocycles. The molecule has 0 spiro atoms. The molecule has 3 heterocycles. The summed E-state index contributed by atoms with van der Waals surface area (Å²) in [5.74, 6) is 0.654. The number of fused-ring (bicyclic) bond motifs is 6. The van der Waals surface area contributed by atoms with Crippen LogP contribution in [0.3, 0.4) is 0 Å². The van der Waals surface area contributed by atoms with Gasteiger partial charge in [-0.15, -0.1) is 0 Å². The average Bonchev–Trinajstić information content (AvgIpc) is 3.71. The first-order chi connectivity index (χ1) is 24.8. The maximum Gasteiger partial charge on any atom is 0.235 e. The molecule has 50 heavy (non-hydrogen) atoms. The van der Waals surface area contributed by atoms with Crippen molar-refractivity contribution in [1.82, 2.24) is 19.1 Å². The van der Waals surface area contributed by atoms with Gasteiger partial charge in [0.25, 0.3) is 0 Å². The van der Waals surface area contributed by atoms with Crippen molar-refractivity contribution in [3.05, 3.63) is 182 Å². The molecule has 10 aromatic rings. The van der Waals surface area contributed by atoms with E-state index in [4.69, 9.17) is 9.97 Å². The number of aromatic nitrogens is 4.